The normalized spacial score (nSPS) is 11.4. The summed E-state index contributed by atoms with van der Waals surface area (Å²) in [6.07, 6.45) is 1.67. The first-order valence-corrected chi connectivity index (χ1v) is 11.0. The van der Waals surface area contributed by atoms with Crippen molar-refractivity contribution in [2.45, 2.75) is 33.2 Å². The van der Waals surface area contributed by atoms with Crippen LogP contribution in [0.5, 0.6) is 0 Å². The van der Waals surface area contributed by atoms with E-state index >= 15 is 0 Å². The van der Waals surface area contributed by atoms with E-state index in [4.69, 9.17) is 0 Å². The van der Waals surface area contributed by atoms with Crippen molar-refractivity contribution < 1.29 is 9.18 Å². The van der Waals surface area contributed by atoms with Crippen LogP contribution in [0.1, 0.15) is 35.9 Å². The van der Waals surface area contributed by atoms with E-state index in [9.17, 15) is 14.0 Å². The summed E-state index contributed by atoms with van der Waals surface area (Å²) in [4.78, 5) is 26.1. The molecule has 3 heterocycles. The van der Waals surface area contributed by atoms with Gasteiger partial charge in [0.2, 0.25) is 0 Å². The van der Waals surface area contributed by atoms with Crippen molar-refractivity contribution in [3.8, 4) is 5.69 Å². The Labute approximate surface area is 193 Å². The zero-order valence-corrected chi connectivity index (χ0v) is 18.7. The van der Waals surface area contributed by atoms with Gasteiger partial charge in [-0.1, -0.05) is 31.5 Å². The summed E-state index contributed by atoms with van der Waals surface area (Å²) in [5, 5.41) is 20.4. The molecule has 0 aliphatic carbocycles. The lowest BCUT2D eigenvalue weighted by molar-refractivity contribution is 0.102. The van der Waals surface area contributed by atoms with Crippen molar-refractivity contribution in [3.63, 3.8) is 0 Å². The summed E-state index contributed by atoms with van der Waals surface area (Å²) >= 11 is 0. The molecule has 172 valence electrons. The molecule has 10 heteroatoms. The lowest BCUT2D eigenvalue weighted by Crippen LogP contribution is -2.27. The van der Waals surface area contributed by atoms with Crippen molar-refractivity contribution in [1.82, 2.24) is 29.8 Å². The van der Waals surface area contributed by atoms with Crippen molar-refractivity contribution in [2.75, 3.05) is 5.32 Å². The predicted octanol–water partition coefficient (Wildman–Crippen LogP) is 3.96. The van der Waals surface area contributed by atoms with Crippen LogP contribution in [-0.2, 0) is 6.54 Å². The third-order valence-corrected chi connectivity index (χ3v) is 5.68. The van der Waals surface area contributed by atoms with Gasteiger partial charge in [0.15, 0.2) is 11.3 Å². The Hall–Kier alpha value is -4.34. The Morgan fingerprint density at radius 3 is 2.56 bits per heavy atom. The van der Waals surface area contributed by atoms with Gasteiger partial charge in [0, 0.05) is 11.9 Å². The molecule has 0 aliphatic heterocycles. The fourth-order valence-corrected chi connectivity index (χ4v) is 3.96. The summed E-state index contributed by atoms with van der Waals surface area (Å²) in [5.74, 6) is -0.456. The van der Waals surface area contributed by atoms with Crippen molar-refractivity contribution in [2.24, 2.45) is 0 Å². The Bertz CT molecular complexity index is 1580. The maximum Gasteiger partial charge on any atom is 0.277 e. The standard InChI is InChI=1S/C24H22FN7O2/c1-3-4-13-31-24(34)18-8-6-5-7-17(18)20(30-31)23(33)26-21-19-14(2)29-32(22(19)28-27-21)16-11-9-15(25)10-12-16/h5-12H,3-4,13H2,1-2H3,(H2,26,27,28,33). The van der Waals surface area contributed by atoms with E-state index in [0.717, 1.165) is 12.8 Å². The molecule has 34 heavy (non-hydrogen) atoms. The minimum atomic E-state index is -0.471. The number of nitrogens with zero attached hydrogens (tertiary/aromatic N) is 5. The fourth-order valence-electron chi connectivity index (χ4n) is 3.96. The van der Waals surface area contributed by atoms with Gasteiger partial charge in [0.1, 0.15) is 11.6 Å². The summed E-state index contributed by atoms with van der Waals surface area (Å²) < 4.78 is 16.3. The van der Waals surface area contributed by atoms with Gasteiger partial charge in [-0.3, -0.25) is 14.7 Å². The quantitative estimate of drug-likeness (QED) is 0.399. The van der Waals surface area contributed by atoms with Crippen LogP contribution in [0.25, 0.3) is 27.5 Å². The average Bonchev–Trinajstić information content (AvgIpc) is 3.40. The van der Waals surface area contributed by atoms with E-state index in [1.807, 2.05) is 6.92 Å². The molecule has 0 fully saturated rings. The third kappa shape index (κ3) is 3.62. The lowest BCUT2D eigenvalue weighted by Gasteiger charge is -2.10. The second kappa shape index (κ2) is 8.54. The van der Waals surface area contributed by atoms with Gasteiger partial charge in [0.05, 0.1) is 22.2 Å². The van der Waals surface area contributed by atoms with E-state index in [1.165, 1.54) is 16.8 Å². The number of unbranched alkanes of at least 4 members (excludes halogenated alkanes) is 1. The van der Waals surface area contributed by atoms with Gasteiger partial charge in [-0.15, -0.1) is 0 Å². The Kier molecular flexibility index (Phi) is 5.40. The summed E-state index contributed by atoms with van der Waals surface area (Å²) in [6.45, 7) is 4.25. The number of nitrogens with one attached hydrogen (secondary N) is 2. The number of amides is 1. The third-order valence-electron chi connectivity index (χ3n) is 5.68. The second-order valence-electron chi connectivity index (χ2n) is 8.00. The minimum absolute atomic E-state index is 0.151. The number of carbonyl (C=O) groups excluding carboxylic acids is 1. The number of carbonyl (C=O) groups is 1. The van der Waals surface area contributed by atoms with Crippen LogP contribution in [0.3, 0.4) is 0 Å². The average molecular weight is 459 g/mol. The van der Waals surface area contributed by atoms with Gasteiger partial charge in [-0.05, 0) is 43.7 Å². The highest BCUT2D eigenvalue weighted by atomic mass is 19.1. The number of aryl methyl sites for hydroxylation is 2. The zero-order chi connectivity index (χ0) is 23.8. The van der Waals surface area contributed by atoms with E-state index in [0.29, 0.717) is 45.5 Å². The molecule has 0 saturated heterocycles. The molecule has 0 bridgehead atoms. The minimum Gasteiger partial charge on any atom is -0.305 e. The molecule has 5 aromatic rings. The van der Waals surface area contributed by atoms with Gasteiger partial charge in [0.25, 0.3) is 11.5 Å². The molecule has 0 radical (unpaired) electrons. The Morgan fingerprint density at radius 1 is 1.09 bits per heavy atom. The van der Waals surface area contributed by atoms with Crippen molar-refractivity contribution in [3.05, 3.63) is 76.1 Å². The number of benzene rings is 2. The molecule has 0 unspecified atom stereocenters. The topological polar surface area (TPSA) is 110 Å². The molecule has 9 nitrogen and oxygen atoms in total. The number of aromatic nitrogens is 6. The van der Waals surface area contributed by atoms with E-state index in [2.05, 4.69) is 25.7 Å². The Balaban J connectivity index is 1.55. The van der Waals surface area contributed by atoms with Crippen LogP contribution in [0.2, 0.25) is 0 Å². The van der Waals surface area contributed by atoms with Crippen LogP contribution in [0, 0.1) is 12.7 Å². The number of rotatable bonds is 6. The van der Waals surface area contributed by atoms with Crippen LogP contribution in [0.15, 0.2) is 53.3 Å². The number of hydrogen-bond acceptors (Lipinski definition) is 5. The maximum absolute atomic E-state index is 13.3. The first kappa shape index (κ1) is 21.5. The maximum atomic E-state index is 13.3. The molecule has 0 spiro atoms. The van der Waals surface area contributed by atoms with Crippen molar-refractivity contribution in [1.29, 1.82) is 0 Å². The van der Waals surface area contributed by atoms with E-state index < -0.39 is 5.91 Å². The van der Waals surface area contributed by atoms with E-state index in [1.54, 1.807) is 48.0 Å². The Morgan fingerprint density at radius 2 is 1.82 bits per heavy atom. The number of halogens is 1. The summed E-state index contributed by atoms with van der Waals surface area (Å²) in [7, 11) is 0. The predicted molar refractivity (Wildman–Crippen MR) is 127 cm³/mol. The molecule has 5 rings (SSSR count). The van der Waals surface area contributed by atoms with E-state index in [-0.39, 0.29) is 17.1 Å². The van der Waals surface area contributed by atoms with Crippen LogP contribution in [-0.4, -0.2) is 35.7 Å². The molecular weight excluding hydrogens is 437 g/mol. The highest BCUT2D eigenvalue weighted by molar-refractivity contribution is 6.13. The summed E-state index contributed by atoms with van der Waals surface area (Å²) in [6, 6.07) is 12.8. The smallest absolute Gasteiger partial charge is 0.277 e. The molecule has 1 amide bonds. The largest absolute Gasteiger partial charge is 0.305 e. The number of fused-ring (bicyclic) bond motifs is 2. The van der Waals surface area contributed by atoms with Gasteiger partial charge >= 0.3 is 0 Å². The molecule has 3 aromatic heterocycles. The van der Waals surface area contributed by atoms with Crippen LogP contribution >= 0.6 is 0 Å². The highest BCUT2D eigenvalue weighted by Gasteiger charge is 2.21. The van der Waals surface area contributed by atoms with Crippen molar-refractivity contribution >= 4 is 33.5 Å². The number of anilines is 1. The van der Waals surface area contributed by atoms with Crippen LogP contribution < -0.4 is 10.9 Å². The fraction of sp³-hybridized carbons (Fsp3) is 0.208. The second-order valence-corrected chi connectivity index (χ2v) is 8.00. The summed E-state index contributed by atoms with van der Waals surface area (Å²) in [5.41, 5.74) is 1.69. The molecule has 2 N–H and O–H groups in total. The van der Waals surface area contributed by atoms with Gasteiger partial charge < -0.3 is 5.32 Å². The first-order valence-electron chi connectivity index (χ1n) is 11.0. The first-order chi connectivity index (χ1) is 16.5. The number of hydrogen-bond donors (Lipinski definition) is 2. The zero-order valence-electron chi connectivity index (χ0n) is 18.7. The molecule has 2 aromatic carbocycles. The lowest BCUT2D eigenvalue weighted by atomic mass is 10.1. The molecule has 0 saturated carbocycles. The molecular formula is C24H22FN7O2. The highest BCUT2D eigenvalue weighted by Crippen LogP contribution is 2.27. The SMILES string of the molecule is CCCCn1nc(C(=O)Nc2[nH]nc3c2c(C)nn3-c2ccc(F)cc2)c2ccccc2c1=O. The van der Waals surface area contributed by atoms with Gasteiger partial charge in [-0.2, -0.15) is 15.3 Å². The number of H-pyrrole nitrogens is 1. The molecule has 0 atom stereocenters. The van der Waals surface area contributed by atoms with Gasteiger partial charge in [-0.25, -0.2) is 13.8 Å². The molecule has 0 aliphatic rings. The van der Waals surface area contributed by atoms with Crippen LogP contribution in [0.4, 0.5) is 10.2 Å². The number of aromatic amines is 1. The monoisotopic (exact) mass is 459 g/mol.